The van der Waals surface area contributed by atoms with Gasteiger partial charge in [0.25, 0.3) is 0 Å². The standard InChI is InChI=1S/C21H28N4/c1-3-19-4-2-10-23-21(19)20(5-1)24-15-17-6-8-18(9-7-17)16-25-13-11-22-12-14-25/h2,4,6-10,20,22,24H,1,3,5,11-16H2. The van der Waals surface area contributed by atoms with Crippen molar-refractivity contribution in [2.45, 2.75) is 38.4 Å². The maximum absolute atomic E-state index is 4.62. The summed E-state index contributed by atoms with van der Waals surface area (Å²) in [5.74, 6) is 0. The molecular weight excluding hydrogens is 308 g/mol. The van der Waals surface area contributed by atoms with Gasteiger partial charge in [0.05, 0.1) is 11.7 Å². The lowest BCUT2D eigenvalue weighted by Gasteiger charge is -2.27. The van der Waals surface area contributed by atoms with E-state index in [2.05, 4.69) is 56.9 Å². The molecular formula is C21H28N4. The normalized spacial score (nSPS) is 21.0. The summed E-state index contributed by atoms with van der Waals surface area (Å²) in [6.07, 6.45) is 5.52. The molecule has 2 aromatic rings. The first-order valence-corrected chi connectivity index (χ1v) is 9.56. The summed E-state index contributed by atoms with van der Waals surface area (Å²) in [5, 5.41) is 7.12. The highest BCUT2D eigenvalue weighted by Crippen LogP contribution is 2.27. The van der Waals surface area contributed by atoms with Crippen LogP contribution in [-0.2, 0) is 19.5 Å². The van der Waals surface area contributed by atoms with E-state index in [4.69, 9.17) is 0 Å². The minimum Gasteiger partial charge on any atom is -0.314 e. The molecule has 1 atom stereocenters. The average Bonchev–Trinajstić information content (AvgIpc) is 2.68. The van der Waals surface area contributed by atoms with E-state index in [0.29, 0.717) is 6.04 Å². The molecule has 4 nitrogen and oxygen atoms in total. The van der Waals surface area contributed by atoms with Gasteiger partial charge in [-0.1, -0.05) is 30.3 Å². The molecule has 2 N–H and O–H groups in total. The monoisotopic (exact) mass is 336 g/mol. The largest absolute Gasteiger partial charge is 0.314 e. The Morgan fingerprint density at radius 3 is 2.72 bits per heavy atom. The minimum absolute atomic E-state index is 0.394. The lowest BCUT2D eigenvalue weighted by molar-refractivity contribution is 0.233. The molecule has 2 aliphatic rings. The van der Waals surface area contributed by atoms with Crippen LogP contribution in [0.25, 0.3) is 0 Å². The smallest absolute Gasteiger partial charge is 0.0605 e. The second-order valence-electron chi connectivity index (χ2n) is 7.22. The second kappa shape index (κ2) is 8.09. The van der Waals surface area contributed by atoms with E-state index in [1.807, 2.05) is 6.20 Å². The van der Waals surface area contributed by atoms with E-state index in [-0.39, 0.29) is 0 Å². The number of pyridine rings is 1. The highest BCUT2D eigenvalue weighted by atomic mass is 15.2. The van der Waals surface area contributed by atoms with Crippen LogP contribution in [0, 0.1) is 0 Å². The van der Waals surface area contributed by atoms with Crippen LogP contribution in [0.4, 0.5) is 0 Å². The number of aromatic nitrogens is 1. The fraction of sp³-hybridized carbons (Fsp3) is 0.476. The predicted octanol–water partition coefficient (Wildman–Crippen LogP) is 2.65. The average molecular weight is 336 g/mol. The molecule has 0 amide bonds. The SMILES string of the molecule is c1cnc2c(c1)CCCC2NCc1ccc(CN2CCNCC2)cc1. The Balaban J connectivity index is 1.33. The van der Waals surface area contributed by atoms with Gasteiger partial charge >= 0.3 is 0 Å². The molecule has 1 aromatic carbocycles. The Hall–Kier alpha value is -1.75. The van der Waals surface area contributed by atoms with Gasteiger partial charge in [0.15, 0.2) is 0 Å². The number of fused-ring (bicyclic) bond motifs is 1. The van der Waals surface area contributed by atoms with Gasteiger partial charge < -0.3 is 10.6 Å². The van der Waals surface area contributed by atoms with E-state index in [1.165, 1.54) is 41.6 Å². The molecule has 2 heterocycles. The third-order valence-electron chi connectivity index (χ3n) is 5.39. The number of hydrogen-bond donors (Lipinski definition) is 2. The summed E-state index contributed by atoms with van der Waals surface area (Å²) in [6, 6.07) is 13.8. The maximum atomic E-state index is 4.62. The highest BCUT2D eigenvalue weighted by Gasteiger charge is 2.20. The summed E-state index contributed by atoms with van der Waals surface area (Å²) in [6.45, 7) is 6.50. The molecule has 1 aromatic heterocycles. The van der Waals surface area contributed by atoms with Crippen molar-refractivity contribution in [2.24, 2.45) is 0 Å². The summed E-state index contributed by atoms with van der Waals surface area (Å²) < 4.78 is 0. The summed E-state index contributed by atoms with van der Waals surface area (Å²) >= 11 is 0. The van der Waals surface area contributed by atoms with Crippen LogP contribution in [-0.4, -0.2) is 36.1 Å². The molecule has 4 heteroatoms. The molecule has 0 spiro atoms. The van der Waals surface area contributed by atoms with Crippen LogP contribution in [0.3, 0.4) is 0 Å². The van der Waals surface area contributed by atoms with Crippen molar-refractivity contribution >= 4 is 0 Å². The van der Waals surface area contributed by atoms with Gasteiger partial charge in [-0.05, 0) is 42.0 Å². The van der Waals surface area contributed by atoms with Gasteiger partial charge in [-0.3, -0.25) is 9.88 Å². The molecule has 0 radical (unpaired) electrons. The van der Waals surface area contributed by atoms with Crippen LogP contribution in [0.5, 0.6) is 0 Å². The Morgan fingerprint density at radius 2 is 1.88 bits per heavy atom. The first kappa shape index (κ1) is 16.7. The zero-order chi connectivity index (χ0) is 16.9. The lowest BCUT2D eigenvalue weighted by atomic mass is 9.92. The highest BCUT2D eigenvalue weighted by molar-refractivity contribution is 5.26. The van der Waals surface area contributed by atoms with Crippen molar-refractivity contribution in [3.05, 3.63) is 65.0 Å². The van der Waals surface area contributed by atoms with Crippen molar-refractivity contribution in [3.8, 4) is 0 Å². The van der Waals surface area contributed by atoms with Crippen molar-refractivity contribution < 1.29 is 0 Å². The summed E-state index contributed by atoms with van der Waals surface area (Å²) in [5.41, 5.74) is 5.43. The van der Waals surface area contributed by atoms with Gasteiger partial charge in [0, 0.05) is 45.5 Å². The van der Waals surface area contributed by atoms with Crippen molar-refractivity contribution in [1.82, 2.24) is 20.5 Å². The van der Waals surface area contributed by atoms with Crippen LogP contribution >= 0.6 is 0 Å². The Bertz CT molecular complexity index is 677. The zero-order valence-electron chi connectivity index (χ0n) is 14.9. The van der Waals surface area contributed by atoms with E-state index in [1.54, 1.807) is 0 Å². The number of nitrogens with zero attached hydrogens (tertiary/aromatic N) is 2. The van der Waals surface area contributed by atoms with E-state index >= 15 is 0 Å². The topological polar surface area (TPSA) is 40.2 Å². The molecule has 132 valence electrons. The third-order valence-corrected chi connectivity index (χ3v) is 5.39. The molecule has 1 unspecified atom stereocenters. The van der Waals surface area contributed by atoms with Gasteiger partial charge in [-0.2, -0.15) is 0 Å². The van der Waals surface area contributed by atoms with E-state index < -0.39 is 0 Å². The molecule has 0 saturated carbocycles. The fourth-order valence-corrected chi connectivity index (χ4v) is 3.94. The number of benzene rings is 1. The third kappa shape index (κ3) is 4.27. The Kier molecular flexibility index (Phi) is 5.40. The number of hydrogen-bond acceptors (Lipinski definition) is 4. The molecule has 4 rings (SSSR count). The quantitative estimate of drug-likeness (QED) is 0.881. The summed E-state index contributed by atoms with van der Waals surface area (Å²) in [4.78, 5) is 7.14. The lowest BCUT2D eigenvalue weighted by Crippen LogP contribution is -2.42. The van der Waals surface area contributed by atoms with Gasteiger partial charge in [-0.25, -0.2) is 0 Å². The van der Waals surface area contributed by atoms with Gasteiger partial charge in [0.2, 0.25) is 0 Å². The van der Waals surface area contributed by atoms with Crippen molar-refractivity contribution in [3.63, 3.8) is 0 Å². The number of rotatable bonds is 5. The van der Waals surface area contributed by atoms with Crippen molar-refractivity contribution in [1.29, 1.82) is 0 Å². The molecule has 1 saturated heterocycles. The first-order chi connectivity index (χ1) is 12.4. The number of piperazine rings is 1. The number of nitrogens with one attached hydrogen (secondary N) is 2. The van der Waals surface area contributed by atoms with Crippen LogP contribution in [0.15, 0.2) is 42.6 Å². The van der Waals surface area contributed by atoms with E-state index in [0.717, 1.165) is 39.3 Å². The van der Waals surface area contributed by atoms with Crippen LogP contribution in [0.1, 0.15) is 41.3 Å². The summed E-state index contributed by atoms with van der Waals surface area (Å²) in [7, 11) is 0. The second-order valence-corrected chi connectivity index (χ2v) is 7.22. The molecule has 0 bridgehead atoms. The maximum Gasteiger partial charge on any atom is 0.0605 e. The minimum atomic E-state index is 0.394. The van der Waals surface area contributed by atoms with Crippen molar-refractivity contribution in [2.75, 3.05) is 26.2 Å². The molecule has 25 heavy (non-hydrogen) atoms. The van der Waals surface area contributed by atoms with Gasteiger partial charge in [0.1, 0.15) is 0 Å². The molecule has 1 fully saturated rings. The van der Waals surface area contributed by atoms with E-state index in [9.17, 15) is 0 Å². The Morgan fingerprint density at radius 1 is 1.08 bits per heavy atom. The Labute approximate surface area is 150 Å². The molecule has 1 aliphatic carbocycles. The van der Waals surface area contributed by atoms with Crippen LogP contribution < -0.4 is 10.6 Å². The molecule has 1 aliphatic heterocycles. The fourth-order valence-electron chi connectivity index (χ4n) is 3.94. The number of aryl methyl sites for hydroxylation is 1. The predicted molar refractivity (Wildman–Crippen MR) is 101 cm³/mol. The van der Waals surface area contributed by atoms with Crippen LogP contribution in [0.2, 0.25) is 0 Å². The van der Waals surface area contributed by atoms with Gasteiger partial charge in [-0.15, -0.1) is 0 Å². The zero-order valence-corrected chi connectivity index (χ0v) is 14.9. The first-order valence-electron chi connectivity index (χ1n) is 9.56.